The average molecular weight is 375 g/mol. The lowest BCUT2D eigenvalue weighted by atomic mass is 9.96. The van der Waals surface area contributed by atoms with E-state index in [1.54, 1.807) is 24.3 Å². The van der Waals surface area contributed by atoms with E-state index in [2.05, 4.69) is 19.2 Å². The summed E-state index contributed by atoms with van der Waals surface area (Å²) in [5, 5.41) is 3.08. The van der Waals surface area contributed by atoms with E-state index < -0.39 is 10.0 Å². The normalized spacial score (nSPS) is 12.7. The van der Waals surface area contributed by atoms with Crippen LogP contribution in [0.3, 0.4) is 0 Å². The molecule has 6 heteroatoms. The minimum Gasteiger partial charge on any atom is -0.345 e. The highest BCUT2D eigenvalue weighted by molar-refractivity contribution is 7.92. The van der Waals surface area contributed by atoms with Crippen molar-refractivity contribution >= 4 is 21.6 Å². The molecule has 2 aromatic rings. The van der Waals surface area contributed by atoms with Gasteiger partial charge >= 0.3 is 0 Å². The van der Waals surface area contributed by atoms with Crippen LogP contribution in [-0.4, -0.2) is 27.6 Å². The van der Waals surface area contributed by atoms with Gasteiger partial charge in [0.2, 0.25) is 10.0 Å². The summed E-state index contributed by atoms with van der Waals surface area (Å²) in [6, 6.07) is 16.4. The van der Waals surface area contributed by atoms with Gasteiger partial charge < -0.3 is 5.32 Å². The molecule has 0 aliphatic carbocycles. The Morgan fingerprint density at radius 1 is 1.08 bits per heavy atom. The highest BCUT2D eigenvalue weighted by Crippen LogP contribution is 2.23. The third kappa shape index (κ3) is 5.33. The number of carbonyl (C=O) groups excluding carboxylic acids is 1. The molecule has 5 nitrogen and oxygen atoms in total. The first-order chi connectivity index (χ1) is 12.2. The average Bonchev–Trinajstić information content (AvgIpc) is 2.60. The predicted molar refractivity (Wildman–Crippen MR) is 106 cm³/mol. The van der Waals surface area contributed by atoms with Gasteiger partial charge in [-0.25, -0.2) is 8.42 Å². The molecule has 1 unspecified atom stereocenters. The molecule has 0 heterocycles. The molecule has 0 aromatic heterocycles. The summed E-state index contributed by atoms with van der Waals surface area (Å²) in [5.74, 6) is 0.200. The number of hydrogen-bond donors (Lipinski definition) is 1. The molecule has 0 bridgehead atoms. The van der Waals surface area contributed by atoms with Crippen molar-refractivity contribution in [2.24, 2.45) is 5.92 Å². The number of anilines is 1. The van der Waals surface area contributed by atoms with Crippen LogP contribution in [0.25, 0.3) is 0 Å². The Hall–Kier alpha value is -2.34. The molecule has 0 saturated carbocycles. The highest BCUT2D eigenvalue weighted by atomic mass is 32.2. The standard InChI is InChI=1S/C20H26N2O3S/c1-15(2)13-19(16-9-6-5-7-10-16)21-20(23)17-11-8-12-18(14-17)22(3)26(4,24)25/h5-12,14-15,19H,13H2,1-4H3,(H,21,23). The van der Waals surface area contributed by atoms with Gasteiger partial charge in [-0.1, -0.05) is 50.2 Å². The lowest BCUT2D eigenvalue weighted by Crippen LogP contribution is -2.30. The SMILES string of the molecule is CC(C)CC(NC(=O)c1cccc(N(C)S(C)(=O)=O)c1)c1ccccc1. The summed E-state index contributed by atoms with van der Waals surface area (Å²) in [5.41, 5.74) is 1.95. The lowest BCUT2D eigenvalue weighted by Gasteiger charge is -2.22. The monoisotopic (exact) mass is 374 g/mol. The second-order valence-corrected chi connectivity index (χ2v) is 8.86. The number of sulfonamides is 1. The topological polar surface area (TPSA) is 66.5 Å². The zero-order valence-corrected chi connectivity index (χ0v) is 16.5. The zero-order valence-electron chi connectivity index (χ0n) is 15.6. The fraction of sp³-hybridized carbons (Fsp3) is 0.350. The molecule has 26 heavy (non-hydrogen) atoms. The predicted octanol–water partition coefficient (Wildman–Crippen LogP) is 3.60. The third-order valence-electron chi connectivity index (χ3n) is 4.18. The van der Waals surface area contributed by atoms with E-state index in [0.717, 1.165) is 22.5 Å². The molecule has 0 aliphatic rings. The van der Waals surface area contributed by atoms with Crippen molar-refractivity contribution < 1.29 is 13.2 Å². The van der Waals surface area contributed by atoms with Gasteiger partial charge in [-0.3, -0.25) is 9.10 Å². The lowest BCUT2D eigenvalue weighted by molar-refractivity contribution is 0.0932. The van der Waals surface area contributed by atoms with Crippen molar-refractivity contribution in [1.82, 2.24) is 5.32 Å². The molecule has 2 aromatic carbocycles. The van der Waals surface area contributed by atoms with Gasteiger partial charge in [-0.2, -0.15) is 0 Å². The molecular formula is C20H26N2O3S. The summed E-state index contributed by atoms with van der Waals surface area (Å²) in [7, 11) is -1.91. The molecule has 1 N–H and O–H groups in total. The molecule has 140 valence electrons. The molecule has 1 atom stereocenters. The summed E-state index contributed by atoms with van der Waals surface area (Å²) < 4.78 is 24.6. The van der Waals surface area contributed by atoms with Gasteiger partial charge in [0.15, 0.2) is 0 Å². The largest absolute Gasteiger partial charge is 0.345 e. The van der Waals surface area contributed by atoms with E-state index in [1.807, 2.05) is 30.3 Å². The number of nitrogens with one attached hydrogen (secondary N) is 1. The van der Waals surface area contributed by atoms with Gasteiger partial charge in [0, 0.05) is 12.6 Å². The maximum atomic E-state index is 12.8. The van der Waals surface area contributed by atoms with Gasteiger partial charge in [0.05, 0.1) is 18.0 Å². The Bertz CT molecular complexity index is 848. The quantitative estimate of drug-likeness (QED) is 0.805. The molecule has 0 fully saturated rings. The number of amides is 1. The van der Waals surface area contributed by atoms with Crippen LogP contribution in [0.4, 0.5) is 5.69 Å². The van der Waals surface area contributed by atoms with Crippen LogP contribution in [0.15, 0.2) is 54.6 Å². The Balaban J connectivity index is 2.24. The van der Waals surface area contributed by atoms with Crippen molar-refractivity contribution in [2.75, 3.05) is 17.6 Å². The Morgan fingerprint density at radius 3 is 2.31 bits per heavy atom. The van der Waals surface area contributed by atoms with Crippen molar-refractivity contribution in [2.45, 2.75) is 26.3 Å². The first-order valence-corrected chi connectivity index (χ1v) is 10.4. The molecule has 0 radical (unpaired) electrons. The maximum absolute atomic E-state index is 12.8. The number of hydrogen-bond acceptors (Lipinski definition) is 3. The van der Waals surface area contributed by atoms with E-state index in [9.17, 15) is 13.2 Å². The van der Waals surface area contributed by atoms with Crippen molar-refractivity contribution in [3.8, 4) is 0 Å². The van der Waals surface area contributed by atoms with Gasteiger partial charge in [-0.15, -0.1) is 0 Å². The molecule has 2 rings (SSSR count). The molecule has 1 amide bonds. The Morgan fingerprint density at radius 2 is 1.73 bits per heavy atom. The first kappa shape index (κ1) is 20.0. The fourth-order valence-corrected chi connectivity index (χ4v) is 3.21. The van der Waals surface area contributed by atoms with Crippen LogP contribution >= 0.6 is 0 Å². The third-order valence-corrected chi connectivity index (χ3v) is 5.39. The summed E-state index contributed by atoms with van der Waals surface area (Å²) in [6.07, 6.45) is 1.95. The van der Waals surface area contributed by atoms with Crippen LogP contribution in [0, 0.1) is 5.92 Å². The van der Waals surface area contributed by atoms with E-state index in [-0.39, 0.29) is 11.9 Å². The smallest absolute Gasteiger partial charge is 0.251 e. The van der Waals surface area contributed by atoms with Crippen LogP contribution < -0.4 is 9.62 Å². The number of nitrogens with zero attached hydrogens (tertiary/aromatic N) is 1. The minimum absolute atomic E-state index is 0.0972. The minimum atomic E-state index is -3.38. The van der Waals surface area contributed by atoms with E-state index >= 15 is 0 Å². The van der Waals surface area contributed by atoms with Crippen molar-refractivity contribution in [1.29, 1.82) is 0 Å². The summed E-state index contributed by atoms with van der Waals surface area (Å²) >= 11 is 0. The first-order valence-electron chi connectivity index (χ1n) is 8.58. The summed E-state index contributed by atoms with van der Waals surface area (Å²) in [6.45, 7) is 4.23. The van der Waals surface area contributed by atoms with Gasteiger partial charge in [0.1, 0.15) is 0 Å². The molecule has 0 saturated heterocycles. The van der Waals surface area contributed by atoms with E-state index in [0.29, 0.717) is 17.2 Å². The van der Waals surface area contributed by atoms with E-state index in [1.165, 1.54) is 7.05 Å². The van der Waals surface area contributed by atoms with Gasteiger partial charge in [-0.05, 0) is 36.1 Å². The van der Waals surface area contributed by atoms with Crippen LogP contribution in [0.2, 0.25) is 0 Å². The second kappa shape index (κ2) is 8.36. The molecular weight excluding hydrogens is 348 g/mol. The van der Waals surface area contributed by atoms with Crippen LogP contribution in [0.5, 0.6) is 0 Å². The fourth-order valence-electron chi connectivity index (χ4n) is 2.71. The van der Waals surface area contributed by atoms with Gasteiger partial charge in [0.25, 0.3) is 5.91 Å². The zero-order chi connectivity index (χ0) is 19.3. The summed E-state index contributed by atoms with van der Waals surface area (Å²) in [4.78, 5) is 12.8. The van der Waals surface area contributed by atoms with Crippen molar-refractivity contribution in [3.63, 3.8) is 0 Å². The Kier molecular flexibility index (Phi) is 6.42. The molecule has 0 aliphatic heterocycles. The number of rotatable bonds is 7. The molecule has 0 spiro atoms. The maximum Gasteiger partial charge on any atom is 0.251 e. The van der Waals surface area contributed by atoms with Crippen molar-refractivity contribution in [3.05, 3.63) is 65.7 Å². The van der Waals surface area contributed by atoms with E-state index in [4.69, 9.17) is 0 Å². The van der Waals surface area contributed by atoms with Crippen LogP contribution in [0.1, 0.15) is 42.2 Å². The Labute approximate surface area is 156 Å². The number of benzene rings is 2. The highest BCUT2D eigenvalue weighted by Gasteiger charge is 2.18. The van der Waals surface area contributed by atoms with Crippen LogP contribution in [-0.2, 0) is 10.0 Å². The second-order valence-electron chi connectivity index (χ2n) is 6.85. The number of carbonyl (C=O) groups is 1.